The standard InChI is InChI=1S/C33H28N4O/c1-38-24-11-9-21(10-12-24)26-19-30(37-16-3-2-4-17-37)28(20-34)31-25(26)13-14-29-27(31)18-23-8-7-22-6-5-15-35-32(22)33(23)36-29/h5-12,15,18-19H,2-4,13-14,16-17H2,1H3. The minimum Gasteiger partial charge on any atom is -0.497 e. The van der Waals surface area contributed by atoms with E-state index in [0.717, 1.165) is 100.0 Å². The molecule has 0 saturated carbocycles. The van der Waals surface area contributed by atoms with Gasteiger partial charge in [-0.15, -0.1) is 0 Å². The van der Waals surface area contributed by atoms with Crippen molar-refractivity contribution in [3.8, 4) is 34.1 Å². The molecule has 2 aliphatic rings. The molecular weight excluding hydrogens is 468 g/mol. The lowest BCUT2D eigenvalue weighted by molar-refractivity contribution is 0.415. The third kappa shape index (κ3) is 3.60. The van der Waals surface area contributed by atoms with Gasteiger partial charge < -0.3 is 9.64 Å². The Kier molecular flexibility index (Phi) is 5.47. The zero-order valence-corrected chi connectivity index (χ0v) is 21.5. The van der Waals surface area contributed by atoms with E-state index < -0.39 is 0 Å². The van der Waals surface area contributed by atoms with Crippen LogP contribution >= 0.6 is 0 Å². The zero-order chi connectivity index (χ0) is 25.6. The van der Waals surface area contributed by atoms with Crippen molar-refractivity contribution in [2.45, 2.75) is 32.1 Å². The van der Waals surface area contributed by atoms with E-state index in [4.69, 9.17) is 9.72 Å². The second kappa shape index (κ2) is 9.15. The number of benzene rings is 3. The average Bonchev–Trinajstić information content (AvgIpc) is 2.99. The normalized spacial score (nSPS) is 14.7. The molecule has 38 heavy (non-hydrogen) atoms. The van der Waals surface area contributed by atoms with Gasteiger partial charge in [0.15, 0.2) is 0 Å². The molecule has 0 spiro atoms. The number of aromatic nitrogens is 2. The fraction of sp³-hybridized carbons (Fsp3) is 0.242. The Morgan fingerprint density at radius 1 is 0.868 bits per heavy atom. The first-order valence-corrected chi connectivity index (χ1v) is 13.4. The highest BCUT2D eigenvalue weighted by atomic mass is 16.5. The second-order valence-electron chi connectivity index (χ2n) is 10.3. The van der Waals surface area contributed by atoms with Gasteiger partial charge in [-0.3, -0.25) is 4.98 Å². The highest BCUT2D eigenvalue weighted by Crippen LogP contribution is 2.46. The molecule has 5 aromatic rings. The van der Waals surface area contributed by atoms with Crippen LogP contribution < -0.4 is 9.64 Å². The zero-order valence-electron chi connectivity index (χ0n) is 21.5. The molecule has 5 heteroatoms. The summed E-state index contributed by atoms with van der Waals surface area (Å²) in [4.78, 5) is 12.2. The molecule has 0 unspecified atom stereocenters. The molecular formula is C33H28N4O. The van der Waals surface area contributed by atoms with Gasteiger partial charge in [0.1, 0.15) is 11.8 Å². The molecule has 0 radical (unpaired) electrons. The van der Waals surface area contributed by atoms with Crippen LogP contribution in [-0.4, -0.2) is 30.2 Å². The van der Waals surface area contributed by atoms with Gasteiger partial charge in [0.05, 0.1) is 29.4 Å². The number of hydrogen-bond donors (Lipinski definition) is 0. The third-order valence-electron chi connectivity index (χ3n) is 8.14. The number of methoxy groups -OCH3 is 1. The number of hydrogen-bond acceptors (Lipinski definition) is 5. The van der Waals surface area contributed by atoms with Crippen molar-refractivity contribution in [2.75, 3.05) is 25.1 Å². The first kappa shape index (κ1) is 22.7. The predicted octanol–water partition coefficient (Wildman–Crippen LogP) is 7.09. The Balaban J connectivity index is 1.51. The van der Waals surface area contributed by atoms with E-state index in [0.29, 0.717) is 0 Å². The quantitative estimate of drug-likeness (QED) is 0.250. The lowest BCUT2D eigenvalue weighted by Crippen LogP contribution is -2.30. The lowest BCUT2D eigenvalue weighted by Gasteiger charge is -2.33. The SMILES string of the molecule is COc1ccc(-c2cc(N3CCCCC3)c(C#N)c3c2CCc2nc4c(ccc5cccnc54)cc2-3)cc1. The summed E-state index contributed by atoms with van der Waals surface area (Å²) >= 11 is 0. The fourth-order valence-corrected chi connectivity index (χ4v) is 6.26. The molecule has 7 rings (SSSR count). The van der Waals surface area contributed by atoms with Crippen LogP contribution in [0.3, 0.4) is 0 Å². The molecule has 2 aromatic heterocycles. The van der Waals surface area contributed by atoms with Gasteiger partial charge in [-0.1, -0.05) is 30.3 Å². The summed E-state index contributed by atoms with van der Waals surface area (Å²) < 4.78 is 5.43. The van der Waals surface area contributed by atoms with Gasteiger partial charge >= 0.3 is 0 Å². The third-order valence-corrected chi connectivity index (χ3v) is 8.14. The molecule has 3 heterocycles. The van der Waals surface area contributed by atoms with Crippen molar-refractivity contribution in [1.82, 2.24) is 9.97 Å². The molecule has 1 saturated heterocycles. The van der Waals surface area contributed by atoms with Crippen LogP contribution in [0, 0.1) is 11.3 Å². The highest BCUT2D eigenvalue weighted by molar-refractivity contribution is 6.05. The molecule has 5 nitrogen and oxygen atoms in total. The van der Waals surface area contributed by atoms with Gasteiger partial charge in [0.2, 0.25) is 0 Å². The summed E-state index contributed by atoms with van der Waals surface area (Å²) in [6.45, 7) is 1.96. The number of aryl methyl sites for hydroxylation is 1. The number of fused-ring (bicyclic) bond motifs is 6. The number of ether oxygens (including phenoxy) is 1. The summed E-state index contributed by atoms with van der Waals surface area (Å²) in [5.41, 5.74) is 10.5. The summed E-state index contributed by atoms with van der Waals surface area (Å²) in [6.07, 6.45) is 7.06. The van der Waals surface area contributed by atoms with Crippen molar-refractivity contribution in [2.24, 2.45) is 0 Å². The van der Waals surface area contributed by atoms with Crippen LogP contribution in [0.4, 0.5) is 5.69 Å². The molecule has 0 atom stereocenters. The predicted molar refractivity (Wildman–Crippen MR) is 153 cm³/mol. The number of nitriles is 1. The Hall–Kier alpha value is -4.43. The van der Waals surface area contributed by atoms with Crippen molar-refractivity contribution in [3.05, 3.63) is 83.7 Å². The molecule has 0 amide bonds. The molecule has 0 N–H and O–H groups in total. The van der Waals surface area contributed by atoms with E-state index in [1.54, 1.807) is 7.11 Å². The maximum Gasteiger partial charge on any atom is 0.118 e. The van der Waals surface area contributed by atoms with Gasteiger partial charge in [0, 0.05) is 46.9 Å². The molecule has 1 aliphatic carbocycles. The number of rotatable bonds is 3. The van der Waals surface area contributed by atoms with E-state index in [-0.39, 0.29) is 0 Å². The van der Waals surface area contributed by atoms with Crippen LogP contribution in [0.15, 0.2) is 66.9 Å². The van der Waals surface area contributed by atoms with Crippen LogP contribution in [0.5, 0.6) is 5.75 Å². The van der Waals surface area contributed by atoms with E-state index in [9.17, 15) is 5.26 Å². The molecule has 0 bridgehead atoms. The summed E-state index contributed by atoms with van der Waals surface area (Å²) in [6, 6.07) is 23.7. The molecule has 1 aliphatic heterocycles. The number of pyridine rings is 2. The Bertz CT molecular complexity index is 1740. The van der Waals surface area contributed by atoms with E-state index in [1.807, 2.05) is 24.4 Å². The maximum absolute atomic E-state index is 10.6. The smallest absolute Gasteiger partial charge is 0.118 e. The van der Waals surface area contributed by atoms with Gasteiger partial charge in [-0.25, -0.2) is 4.98 Å². The Morgan fingerprint density at radius 2 is 1.68 bits per heavy atom. The van der Waals surface area contributed by atoms with Crippen LogP contribution in [-0.2, 0) is 12.8 Å². The molecule has 186 valence electrons. The maximum atomic E-state index is 10.6. The molecule has 1 fully saturated rings. The largest absolute Gasteiger partial charge is 0.497 e. The Labute approximate surface area is 222 Å². The number of nitrogens with zero attached hydrogens (tertiary/aromatic N) is 4. The summed E-state index contributed by atoms with van der Waals surface area (Å²) in [7, 11) is 1.69. The topological polar surface area (TPSA) is 62.0 Å². The molecule has 3 aromatic carbocycles. The minimum atomic E-state index is 0.778. The van der Waals surface area contributed by atoms with Crippen LogP contribution in [0.2, 0.25) is 0 Å². The lowest BCUT2D eigenvalue weighted by atomic mass is 9.80. The van der Waals surface area contributed by atoms with Crippen molar-refractivity contribution >= 4 is 27.5 Å². The summed E-state index contributed by atoms with van der Waals surface area (Å²) in [5.74, 6) is 0.842. The van der Waals surface area contributed by atoms with Crippen LogP contribution in [0.1, 0.15) is 36.1 Å². The minimum absolute atomic E-state index is 0.778. The summed E-state index contributed by atoms with van der Waals surface area (Å²) in [5, 5.41) is 12.7. The van der Waals surface area contributed by atoms with Crippen LogP contribution in [0.25, 0.3) is 44.1 Å². The highest BCUT2D eigenvalue weighted by Gasteiger charge is 2.29. The first-order chi connectivity index (χ1) is 18.7. The number of piperidine rings is 1. The van der Waals surface area contributed by atoms with E-state index >= 15 is 0 Å². The fourth-order valence-electron chi connectivity index (χ4n) is 6.26. The Morgan fingerprint density at radius 3 is 2.47 bits per heavy atom. The van der Waals surface area contributed by atoms with Crippen molar-refractivity contribution in [1.29, 1.82) is 5.26 Å². The van der Waals surface area contributed by atoms with Gasteiger partial charge in [-0.05, 0) is 79.1 Å². The van der Waals surface area contributed by atoms with Gasteiger partial charge in [-0.2, -0.15) is 5.26 Å². The van der Waals surface area contributed by atoms with E-state index in [2.05, 4.69) is 58.4 Å². The monoisotopic (exact) mass is 496 g/mol. The van der Waals surface area contributed by atoms with E-state index in [1.165, 1.54) is 17.5 Å². The number of anilines is 1. The first-order valence-electron chi connectivity index (χ1n) is 13.4. The van der Waals surface area contributed by atoms with Crippen molar-refractivity contribution < 1.29 is 4.74 Å². The van der Waals surface area contributed by atoms with Crippen molar-refractivity contribution in [3.63, 3.8) is 0 Å². The van der Waals surface area contributed by atoms with Gasteiger partial charge in [0.25, 0.3) is 0 Å². The second-order valence-corrected chi connectivity index (χ2v) is 10.3. The average molecular weight is 497 g/mol.